The van der Waals surface area contributed by atoms with Crippen molar-refractivity contribution in [1.29, 1.82) is 0 Å². The zero-order chi connectivity index (χ0) is 28.9. The summed E-state index contributed by atoms with van der Waals surface area (Å²) in [6.07, 6.45) is 4.99. The Balaban J connectivity index is 2.40. The van der Waals surface area contributed by atoms with Crippen LogP contribution in [0.4, 0.5) is 4.79 Å². The molecule has 2 rings (SSSR count). The highest BCUT2D eigenvalue weighted by Gasteiger charge is 2.45. The summed E-state index contributed by atoms with van der Waals surface area (Å²) in [6, 6.07) is 9.86. The molecule has 2 radical (unpaired) electrons. The summed E-state index contributed by atoms with van der Waals surface area (Å²) in [5, 5.41) is 2.99. The van der Waals surface area contributed by atoms with E-state index in [4.69, 9.17) is 16.7 Å². The topological polar surface area (TPSA) is 64.6 Å². The molecule has 212 valence electrons. The van der Waals surface area contributed by atoms with Gasteiger partial charge in [0.25, 0.3) is 14.3 Å². The normalized spacial score (nSPS) is 20.9. The second-order valence-corrected chi connectivity index (χ2v) is 23.8. The maximum absolute atomic E-state index is 13.6. The van der Waals surface area contributed by atoms with Gasteiger partial charge in [0.1, 0.15) is 0 Å². The summed E-state index contributed by atoms with van der Waals surface area (Å²) in [5.41, 5.74) is 1.12. The first-order chi connectivity index (χ1) is 17.3. The van der Waals surface area contributed by atoms with Gasteiger partial charge in [0.2, 0.25) is 7.85 Å². The van der Waals surface area contributed by atoms with E-state index in [2.05, 4.69) is 85.2 Å². The van der Waals surface area contributed by atoms with Crippen LogP contribution >= 0.6 is 0 Å². The minimum absolute atomic E-state index is 0.00248. The molecule has 0 spiro atoms. The third-order valence-electron chi connectivity index (χ3n) is 9.24. The van der Waals surface area contributed by atoms with Gasteiger partial charge in [0.15, 0.2) is 14.1 Å². The molecule has 1 N–H and O–H groups in total. The molecule has 1 aliphatic rings. The lowest BCUT2D eigenvalue weighted by molar-refractivity contribution is -0.143. The first-order valence-corrected chi connectivity index (χ1v) is 20.2. The van der Waals surface area contributed by atoms with Crippen LogP contribution in [0.25, 0.3) is 0 Å². The van der Waals surface area contributed by atoms with E-state index in [0.29, 0.717) is 12.8 Å². The second-order valence-electron chi connectivity index (χ2n) is 14.3. The zero-order valence-corrected chi connectivity index (χ0v) is 27.6. The van der Waals surface area contributed by atoms with E-state index in [1.807, 2.05) is 18.2 Å². The van der Waals surface area contributed by atoms with Crippen molar-refractivity contribution in [2.45, 2.75) is 128 Å². The molecule has 8 heteroatoms. The summed E-state index contributed by atoms with van der Waals surface area (Å²) >= 11 is 0. The van der Waals surface area contributed by atoms with Crippen LogP contribution in [-0.2, 0) is 20.1 Å². The molecule has 2 unspecified atom stereocenters. The Labute approximate surface area is 235 Å². The Bertz CT molecular complexity index is 924. The highest BCUT2D eigenvalue weighted by molar-refractivity contribution is 6.75. The molecule has 0 heterocycles. The third kappa shape index (κ3) is 9.09. The van der Waals surface area contributed by atoms with E-state index < -0.39 is 22.4 Å². The largest absolute Gasteiger partial charge is 0.519 e. The standard InChI is InChI=1S/C30H52BNO4Si2/c1-29(2,3)37(7,8)35-26(25(32-28(31)34)20-22-16-12-11-13-17-22)21-23-18-14-15-19-24(23)27(33)36-38(9,10)30(4,5)6/h11-13,16-17,23-26H,14-15,18-21H2,1-10H3,(H,32,34)/t23?,24-,25?,26+/m0/s1. The van der Waals surface area contributed by atoms with E-state index in [0.717, 1.165) is 31.2 Å². The van der Waals surface area contributed by atoms with Gasteiger partial charge in [0, 0.05) is 0 Å². The van der Waals surface area contributed by atoms with Gasteiger partial charge in [-0.1, -0.05) is 84.7 Å². The predicted octanol–water partition coefficient (Wildman–Crippen LogP) is 7.61. The van der Waals surface area contributed by atoms with Gasteiger partial charge in [0.05, 0.1) is 18.1 Å². The maximum atomic E-state index is 13.6. The molecule has 1 aromatic rings. The minimum Gasteiger partial charge on any atom is -0.519 e. The first kappa shape index (κ1) is 32.8. The lowest BCUT2D eigenvalue weighted by Gasteiger charge is -2.44. The first-order valence-electron chi connectivity index (χ1n) is 14.3. The number of benzene rings is 1. The van der Waals surface area contributed by atoms with Gasteiger partial charge in [-0.05, 0) is 73.4 Å². The number of rotatable bonds is 10. The average Bonchev–Trinajstić information content (AvgIpc) is 2.77. The Kier molecular flexibility index (Phi) is 11.1. The molecule has 1 aliphatic carbocycles. The Hall–Kier alpha value is -1.38. The van der Waals surface area contributed by atoms with E-state index in [9.17, 15) is 9.59 Å². The molecule has 0 aromatic heterocycles. The van der Waals surface area contributed by atoms with Gasteiger partial charge in [-0.2, -0.15) is 0 Å². The fourth-order valence-corrected chi connectivity index (χ4v) is 7.09. The molecule has 1 fully saturated rings. The van der Waals surface area contributed by atoms with Gasteiger partial charge in [-0.15, -0.1) is 0 Å². The van der Waals surface area contributed by atoms with Crippen LogP contribution in [0.15, 0.2) is 30.3 Å². The summed E-state index contributed by atoms with van der Waals surface area (Å²) in [5.74, 6) is -0.597. The smallest absolute Gasteiger partial charge is 0.295 e. The highest BCUT2D eigenvalue weighted by Crippen LogP contribution is 2.42. The zero-order valence-electron chi connectivity index (χ0n) is 25.6. The summed E-state index contributed by atoms with van der Waals surface area (Å²) in [6.45, 7) is 21.9. The number of nitrogens with one attached hydrogen (secondary N) is 1. The number of hydrogen-bond acceptors (Lipinski definition) is 4. The number of carbonyl (C=O) groups is 2. The van der Waals surface area contributed by atoms with Crippen LogP contribution in [0.1, 0.15) is 79.2 Å². The fourth-order valence-electron chi connectivity index (χ4n) is 4.75. The predicted molar refractivity (Wildman–Crippen MR) is 164 cm³/mol. The van der Waals surface area contributed by atoms with E-state index in [1.54, 1.807) is 0 Å². The minimum atomic E-state index is -2.23. The van der Waals surface area contributed by atoms with Crippen molar-refractivity contribution >= 4 is 36.3 Å². The fraction of sp³-hybridized carbons (Fsp3) is 0.733. The highest BCUT2D eigenvalue weighted by atomic mass is 28.4. The Morgan fingerprint density at radius 3 is 2.03 bits per heavy atom. The van der Waals surface area contributed by atoms with Crippen molar-refractivity contribution < 1.29 is 18.4 Å². The molecule has 1 amide bonds. The molecule has 5 nitrogen and oxygen atoms in total. The van der Waals surface area contributed by atoms with E-state index in [1.165, 1.54) is 0 Å². The van der Waals surface area contributed by atoms with Crippen molar-refractivity contribution in [2.75, 3.05) is 0 Å². The van der Waals surface area contributed by atoms with Crippen LogP contribution in [0.2, 0.25) is 36.3 Å². The summed E-state index contributed by atoms with van der Waals surface area (Å²) < 4.78 is 13.4. The summed E-state index contributed by atoms with van der Waals surface area (Å²) in [7, 11) is 1.27. The molecular formula is C30H52BNO4Si2. The van der Waals surface area contributed by atoms with Crippen molar-refractivity contribution in [1.82, 2.24) is 5.32 Å². The molecule has 0 saturated heterocycles. The maximum Gasteiger partial charge on any atom is 0.295 e. The summed E-state index contributed by atoms with van der Waals surface area (Å²) in [4.78, 5) is 25.8. The SMILES string of the molecule is [B]C(=O)NC(Cc1ccccc1)[C@@H](CC1CCCC[C@@H]1C(=O)O[Si](C)(C)C(C)(C)C)O[Si](C)(C)C(C)(C)C. The molecule has 0 aliphatic heterocycles. The van der Waals surface area contributed by atoms with Crippen molar-refractivity contribution in [2.24, 2.45) is 11.8 Å². The molecule has 0 bridgehead atoms. The number of amides is 1. The monoisotopic (exact) mass is 557 g/mol. The second kappa shape index (κ2) is 12.9. The average molecular weight is 558 g/mol. The van der Waals surface area contributed by atoms with Crippen LogP contribution in [0, 0.1) is 11.8 Å². The molecular weight excluding hydrogens is 505 g/mol. The van der Waals surface area contributed by atoms with Gasteiger partial charge >= 0.3 is 0 Å². The molecule has 1 saturated carbocycles. The van der Waals surface area contributed by atoms with E-state index in [-0.39, 0.29) is 40.0 Å². The lowest BCUT2D eigenvalue weighted by atomic mass is 9.75. The lowest BCUT2D eigenvalue weighted by Crippen LogP contribution is -2.53. The quantitative estimate of drug-likeness (QED) is 0.301. The Morgan fingerprint density at radius 1 is 0.947 bits per heavy atom. The van der Waals surface area contributed by atoms with Crippen LogP contribution in [0.5, 0.6) is 0 Å². The number of carbonyl (C=O) groups excluding carboxylic acids is 2. The van der Waals surface area contributed by atoms with Crippen molar-refractivity contribution in [3.63, 3.8) is 0 Å². The van der Waals surface area contributed by atoms with Gasteiger partial charge in [-0.3, -0.25) is 9.59 Å². The van der Waals surface area contributed by atoms with Gasteiger partial charge < -0.3 is 14.2 Å². The van der Waals surface area contributed by atoms with Crippen molar-refractivity contribution in [3.8, 4) is 0 Å². The molecule has 4 atom stereocenters. The van der Waals surface area contributed by atoms with Crippen LogP contribution < -0.4 is 5.32 Å². The van der Waals surface area contributed by atoms with Crippen LogP contribution in [0.3, 0.4) is 0 Å². The van der Waals surface area contributed by atoms with Crippen molar-refractivity contribution in [3.05, 3.63) is 35.9 Å². The van der Waals surface area contributed by atoms with Crippen LogP contribution in [-0.4, -0.2) is 48.4 Å². The number of hydrogen-bond donors (Lipinski definition) is 1. The third-order valence-corrected chi connectivity index (χ3v) is 18.1. The molecule has 1 aromatic carbocycles. The Morgan fingerprint density at radius 2 is 1.50 bits per heavy atom. The van der Waals surface area contributed by atoms with Gasteiger partial charge in [-0.25, -0.2) is 0 Å². The van der Waals surface area contributed by atoms with E-state index >= 15 is 0 Å². The molecule has 38 heavy (non-hydrogen) atoms.